The number of likely N-dealkylation sites (tertiary alicyclic amines) is 1. The summed E-state index contributed by atoms with van der Waals surface area (Å²) < 4.78 is 34.9. The van der Waals surface area contributed by atoms with Gasteiger partial charge in [-0.2, -0.15) is 8.42 Å². The molecule has 0 aliphatic carbocycles. The summed E-state index contributed by atoms with van der Waals surface area (Å²) in [5.74, 6) is 0.834. The Kier molecular flexibility index (Phi) is 9.11. The van der Waals surface area contributed by atoms with E-state index in [9.17, 15) is 13.2 Å². The van der Waals surface area contributed by atoms with Crippen molar-refractivity contribution < 1.29 is 22.5 Å². The molecule has 11 heteroatoms. The average Bonchev–Trinajstić information content (AvgIpc) is 3.40. The fourth-order valence-corrected chi connectivity index (χ4v) is 5.52. The monoisotopic (exact) mass is 571 g/mol. The molecule has 1 saturated heterocycles. The predicted molar refractivity (Wildman–Crippen MR) is 147 cm³/mol. The number of ether oxygens (including phenoxy) is 1. The van der Waals surface area contributed by atoms with Crippen LogP contribution < -0.4 is 4.74 Å². The van der Waals surface area contributed by atoms with Crippen molar-refractivity contribution in [3.63, 3.8) is 0 Å². The van der Waals surface area contributed by atoms with Crippen molar-refractivity contribution in [1.82, 2.24) is 14.9 Å². The minimum atomic E-state index is -4.02. The van der Waals surface area contributed by atoms with Crippen LogP contribution in [0.4, 0.5) is 4.79 Å². The van der Waals surface area contributed by atoms with Gasteiger partial charge in [0.05, 0.1) is 21.8 Å². The number of rotatable bonds is 4. The molecule has 0 radical (unpaired) electrons. The Morgan fingerprint density at radius 3 is 2.47 bits per heavy atom. The van der Waals surface area contributed by atoms with E-state index in [0.717, 1.165) is 34.7 Å². The van der Waals surface area contributed by atoms with Gasteiger partial charge in [0.2, 0.25) is 0 Å². The standard InChI is InChI=1S/C20H18ClN3O2S.C7H8O3S/c21-16-4-1-3-15(11-16)18-13-27-19(23-18)14-6-9-24(10-7-14)20(25)26-17-5-2-8-22-12-17;1-6-2-4-7(5-3-6)11(8,9)10/h1-5,8,11-14H,6-7,9-10H2;2-5H,1H3,(H,8,9,10). The lowest BCUT2D eigenvalue weighted by Gasteiger charge is -2.30. The van der Waals surface area contributed by atoms with Crippen LogP contribution in [0.1, 0.15) is 29.3 Å². The number of aromatic nitrogens is 2. The van der Waals surface area contributed by atoms with E-state index in [1.165, 1.54) is 18.3 Å². The van der Waals surface area contributed by atoms with Gasteiger partial charge >= 0.3 is 6.09 Å². The van der Waals surface area contributed by atoms with E-state index < -0.39 is 10.1 Å². The fraction of sp³-hybridized carbons (Fsp3) is 0.222. The number of nitrogens with zero attached hydrogens (tertiary/aromatic N) is 3. The van der Waals surface area contributed by atoms with Gasteiger partial charge in [0, 0.05) is 41.2 Å². The summed E-state index contributed by atoms with van der Waals surface area (Å²) in [7, 11) is -4.02. The SMILES string of the molecule is Cc1ccc(S(=O)(=O)O)cc1.O=C(Oc1cccnc1)N1CCC(c2nc(-c3cccc(Cl)c3)cs2)CC1. The Morgan fingerprint density at radius 2 is 1.84 bits per heavy atom. The largest absolute Gasteiger partial charge is 0.415 e. The van der Waals surface area contributed by atoms with E-state index in [1.807, 2.05) is 31.2 Å². The summed E-state index contributed by atoms with van der Waals surface area (Å²) in [6.45, 7) is 3.17. The zero-order valence-electron chi connectivity index (χ0n) is 20.5. The molecule has 0 bridgehead atoms. The van der Waals surface area contributed by atoms with Gasteiger partial charge in [-0.3, -0.25) is 9.54 Å². The molecule has 4 aromatic rings. The first kappa shape index (κ1) is 27.7. The van der Waals surface area contributed by atoms with Gasteiger partial charge in [0.1, 0.15) is 0 Å². The summed E-state index contributed by atoms with van der Waals surface area (Å²) >= 11 is 7.75. The molecule has 2 aromatic carbocycles. The van der Waals surface area contributed by atoms with Crippen molar-refractivity contribution in [1.29, 1.82) is 0 Å². The van der Waals surface area contributed by atoms with Crippen molar-refractivity contribution in [2.45, 2.75) is 30.6 Å². The van der Waals surface area contributed by atoms with Crippen LogP contribution in [-0.2, 0) is 10.1 Å². The molecule has 38 heavy (non-hydrogen) atoms. The molecule has 0 saturated carbocycles. The highest BCUT2D eigenvalue weighted by Gasteiger charge is 2.27. The van der Waals surface area contributed by atoms with Gasteiger partial charge in [-0.15, -0.1) is 11.3 Å². The maximum atomic E-state index is 12.3. The number of thiazole rings is 1. The van der Waals surface area contributed by atoms with Crippen LogP contribution in [0.15, 0.2) is 83.3 Å². The number of halogens is 1. The third-order valence-electron chi connectivity index (χ3n) is 5.90. The smallest absolute Gasteiger partial charge is 0.409 e. The van der Waals surface area contributed by atoms with Crippen LogP contribution in [0.25, 0.3) is 11.3 Å². The molecule has 1 amide bonds. The molecule has 1 fully saturated rings. The number of amides is 1. The normalized spacial score (nSPS) is 13.9. The molecule has 198 valence electrons. The van der Waals surface area contributed by atoms with Crippen LogP contribution >= 0.6 is 22.9 Å². The molecule has 8 nitrogen and oxygen atoms in total. The molecule has 1 aliphatic heterocycles. The van der Waals surface area contributed by atoms with Gasteiger partial charge in [-0.05, 0) is 56.2 Å². The molecule has 2 aromatic heterocycles. The van der Waals surface area contributed by atoms with Crippen molar-refractivity contribution in [2.24, 2.45) is 0 Å². The van der Waals surface area contributed by atoms with Crippen LogP contribution in [0.2, 0.25) is 5.02 Å². The molecule has 0 atom stereocenters. The predicted octanol–water partition coefficient (Wildman–Crippen LogP) is 6.48. The van der Waals surface area contributed by atoms with Crippen molar-refractivity contribution in [2.75, 3.05) is 13.1 Å². The van der Waals surface area contributed by atoms with Gasteiger partial charge in [0.25, 0.3) is 10.1 Å². The van der Waals surface area contributed by atoms with Crippen LogP contribution in [-0.4, -0.2) is 47.0 Å². The summed E-state index contributed by atoms with van der Waals surface area (Å²) in [4.78, 5) is 22.7. The first-order valence-corrected chi connectivity index (χ1v) is 14.5. The maximum Gasteiger partial charge on any atom is 0.415 e. The van der Waals surface area contributed by atoms with E-state index in [1.54, 1.807) is 46.7 Å². The number of aryl methyl sites for hydroxylation is 1. The molecule has 0 spiro atoms. The summed E-state index contributed by atoms with van der Waals surface area (Å²) in [6, 6.07) is 17.2. The second-order valence-corrected chi connectivity index (χ2v) is 11.4. The number of benzene rings is 2. The highest BCUT2D eigenvalue weighted by atomic mass is 35.5. The number of carbonyl (C=O) groups is 1. The van der Waals surface area contributed by atoms with E-state index in [2.05, 4.69) is 10.4 Å². The average molecular weight is 572 g/mol. The van der Waals surface area contributed by atoms with E-state index in [-0.39, 0.29) is 11.0 Å². The Labute approximate surface area is 230 Å². The Balaban J connectivity index is 0.000000257. The lowest BCUT2D eigenvalue weighted by atomic mass is 9.98. The molecular weight excluding hydrogens is 546 g/mol. The Bertz CT molecular complexity index is 1470. The third-order valence-corrected chi connectivity index (χ3v) is 8.01. The van der Waals surface area contributed by atoms with E-state index >= 15 is 0 Å². The highest BCUT2D eigenvalue weighted by Crippen LogP contribution is 2.33. The van der Waals surface area contributed by atoms with Gasteiger partial charge in [-0.25, -0.2) is 9.78 Å². The molecule has 3 heterocycles. The van der Waals surface area contributed by atoms with Gasteiger partial charge in [0.15, 0.2) is 5.75 Å². The van der Waals surface area contributed by atoms with Crippen LogP contribution in [0.3, 0.4) is 0 Å². The zero-order chi connectivity index (χ0) is 27.1. The second kappa shape index (κ2) is 12.5. The Hall–Kier alpha value is -3.31. The molecule has 1 N–H and O–H groups in total. The fourth-order valence-electron chi connectivity index (χ4n) is 3.85. The minimum Gasteiger partial charge on any atom is -0.409 e. The summed E-state index contributed by atoms with van der Waals surface area (Å²) in [5, 5.41) is 3.90. The number of hydrogen-bond acceptors (Lipinski definition) is 7. The first-order chi connectivity index (χ1) is 18.2. The van der Waals surface area contributed by atoms with Crippen molar-refractivity contribution in [3.8, 4) is 17.0 Å². The van der Waals surface area contributed by atoms with Gasteiger partial charge < -0.3 is 9.64 Å². The highest BCUT2D eigenvalue weighted by molar-refractivity contribution is 7.85. The number of pyridine rings is 1. The van der Waals surface area contributed by atoms with Crippen molar-refractivity contribution >= 4 is 39.1 Å². The third kappa shape index (κ3) is 7.61. The minimum absolute atomic E-state index is 0.0666. The number of hydrogen-bond donors (Lipinski definition) is 1. The van der Waals surface area contributed by atoms with Crippen molar-refractivity contribution in [3.05, 3.63) is 94.0 Å². The van der Waals surface area contributed by atoms with E-state index in [0.29, 0.717) is 29.8 Å². The first-order valence-electron chi connectivity index (χ1n) is 11.8. The number of carbonyl (C=O) groups excluding carboxylic acids is 1. The molecule has 1 aliphatic rings. The quantitative estimate of drug-likeness (QED) is 0.279. The zero-order valence-corrected chi connectivity index (χ0v) is 22.9. The Morgan fingerprint density at radius 1 is 1.11 bits per heavy atom. The summed E-state index contributed by atoms with van der Waals surface area (Å²) in [5.41, 5.74) is 2.94. The maximum absolute atomic E-state index is 12.3. The lowest BCUT2D eigenvalue weighted by molar-refractivity contribution is 0.138. The summed E-state index contributed by atoms with van der Waals surface area (Å²) in [6.07, 6.45) is 4.63. The molecule has 0 unspecified atom stereocenters. The lowest BCUT2D eigenvalue weighted by Crippen LogP contribution is -2.39. The molecular formula is C27H26ClN3O5S2. The van der Waals surface area contributed by atoms with Gasteiger partial charge in [-0.1, -0.05) is 41.4 Å². The van der Waals surface area contributed by atoms with Crippen LogP contribution in [0, 0.1) is 6.92 Å². The second-order valence-electron chi connectivity index (χ2n) is 8.69. The van der Waals surface area contributed by atoms with E-state index in [4.69, 9.17) is 25.9 Å². The van der Waals surface area contributed by atoms with Crippen LogP contribution in [0.5, 0.6) is 5.75 Å². The topological polar surface area (TPSA) is 110 Å². The number of piperidine rings is 1. The molecule has 5 rings (SSSR count).